The van der Waals surface area contributed by atoms with E-state index in [0.29, 0.717) is 31.6 Å². The predicted molar refractivity (Wildman–Crippen MR) is 108 cm³/mol. The van der Waals surface area contributed by atoms with E-state index in [2.05, 4.69) is 31.3 Å². The predicted octanol–water partition coefficient (Wildman–Crippen LogP) is 2.44. The van der Waals surface area contributed by atoms with E-state index in [4.69, 9.17) is 16.3 Å². The largest absolute Gasteiger partial charge is 0.473 e. The molecule has 2 N–H and O–H groups in total. The number of halogens is 1. The molecule has 0 saturated carbocycles. The number of benzene rings is 1. The summed E-state index contributed by atoms with van der Waals surface area (Å²) in [4.78, 5) is 24.5. The molecule has 3 heterocycles. The number of nitrogens with one attached hydrogen (secondary N) is 1. The number of amides is 1. The number of likely N-dealkylation sites (tertiary alicyclic amines) is 1. The van der Waals surface area contributed by atoms with Gasteiger partial charge in [-0.3, -0.25) is 0 Å². The van der Waals surface area contributed by atoms with Crippen molar-refractivity contribution in [3.63, 3.8) is 0 Å². The lowest BCUT2D eigenvalue weighted by Crippen LogP contribution is -2.41. The molecule has 1 aromatic carbocycles. The Morgan fingerprint density at radius 2 is 2.10 bits per heavy atom. The Kier molecular flexibility index (Phi) is 5.61. The van der Waals surface area contributed by atoms with Crippen LogP contribution in [-0.4, -0.2) is 60.0 Å². The minimum atomic E-state index is -0.951. The average Bonchev–Trinajstić information content (AvgIpc) is 3.31. The third-order valence-electron chi connectivity index (χ3n) is 4.84. The second kappa shape index (κ2) is 8.66. The second-order valence-corrected chi connectivity index (χ2v) is 6.76. The highest BCUT2D eigenvalue weighted by molar-refractivity contribution is 5.67. The van der Waals surface area contributed by atoms with Crippen LogP contribution < -0.4 is 10.1 Å². The van der Waals surface area contributed by atoms with Gasteiger partial charge in [0.15, 0.2) is 5.82 Å². The Hall–Kier alpha value is -4.20. The molecular weight excluding hydrogens is 405 g/mol. The Labute approximate surface area is 176 Å². The van der Waals surface area contributed by atoms with E-state index in [-0.39, 0.29) is 29.1 Å². The van der Waals surface area contributed by atoms with Gasteiger partial charge in [-0.1, -0.05) is 5.92 Å². The maximum atomic E-state index is 14.6. The van der Waals surface area contributed by atoms with E-state index in [1.54, 1.807) is 6.07 Å². The molecule has 3 aromatic rings. The average molecular weight is 423 g/mol. The van der Waals surface area contributed by atoms with Crippen LogP contribution in [0.5, 0.6) is 5.88 Å². The van der Waals surface area contributed by atoms with Gasteiger partial charge >= 0.3 is 6.09 Å². The third kappa shape index (κ3) is 4.37. The minimum absolute atomic E-state index is 0.166. The first-order valence-electron chi connectivity index (χ1n) is 9.43. The number of piperidine rings is 1. The molecule has 2 aromatic heterocycles. The lowest BCUT2D eigenvalue weighted by Gasteiger charge is -2.30. The number of aromatic nitrogens is 5. The van der Waals surface area contributed by atoms with Crippen molar-refractivity contribution in [3.8, 4) is 23.9 Å². The first kappa shape index (κ1) is 20.1. The van der Waals surface area contributed by atoms with Crippen LogP contribution in [0.4, 0.5) is 20.7 Å². The Bertz CT molecular complexity index is 1120. The summed E-state index contributed by atoms with van der Waals surface area (Å²) in [5, 5.41) is 15.9. The van der Waals surface area contributed by atoms with Crippen LogP contribution in [0.15, 0.2) is 37.2 Å². The number of hydrogen-bond acceptors (Lipinski definition) is 7. The van der Waals surface area contributed by atoms with Crippen molar-refractivity contribution >= 4 is 17.6 Å². The number of terminal acetylenes is 1. The normalized spacial score (nSPS) is 14.1. The smallest absolute Gasteiger partial charge is 0.407 e. The van der Waals surface area contributed by atoms with Crippen LogP contribution in [0.3, 0.4) is 0 Å². The molecule has 4 rings (SSSR count). The van der Waals surface area contributed by atoms with Crippen LogP contribution in [0.25, 0.3) is 5.69 Å². The monoisotopic (exact) mass is 423 g/mol. The molecule has 1 saturated heterocycles. The fourth-order valence-electron chi connectivity index (χ4n) is 3.22. The highest BCUT2D eigenvalue weighted by atomic mass is 19.1. The topological polar surface area (TPSA) is 118 Å². The zero-order chi connectivity index (χ0) is 21.8. The molecule has 31 heavy (non-hydrogen) atoms. The van der Waals surface area contributed by atoms with Gasteiger partial charge in [-0.15, -0.1) is 6.42 Å². The van der Waals surface area contributed by atoms with Crippen molar-refractivity contribution in [2.24, 2.45) is 0 Å². The molecule has 0 unspecified atom stereocenters. The van der Waals surface area contributed by atoms with E-state index in [0.717, 1.165) is 0 Å². The van der Waals surface area contributed by atoms with Gasteiger partial charge in [0.25, 0.3) is 0 Å². The maximum Gasteiger partial charge on any atom is 0.407 e. The van der Waals surface area contributed by atoms with Crippen LogP contribution >= 0.6 is 0 Å². The quantitative estimate of drug-likeness (QED) is 0.601. The summed E-state index contributed by atoms with van der Waals surface area (Å²) in [5.74, 6) is 2.38. The summed E-state index contributed by atoms with van der Waals surface area (Å²) in [7, 11) is 0. The Balaban J connectivity index is 1.51. The number of nitrogens with zero attached hydrogens (tertiary/aromatic N) is 6. The zero-order valence-electron chi connectivity index (χ0n) is 16.3. The molecule has 0 aliphatic carbocycles. The molecular formula is C20H18FN7O3. The van der Waals surface area contributed by atoms with Crippen LogP contribution in [0.2, 0.25) is 0 Å². The van der Waals surface area contributed by atoms with E-state index in [1.165, 1.54) is 40.7 Å². The lowest BCUT2D eigenvalue weighted by atomic mass is 10.1. The van der Waals surface area contributed by atoms with Crippen molar-refractivity contribution in [2.45, 2.75) is 18.9 Å². The van der Waals surface area contributed by atoms with E-state index in [9.17, 15) is 9.18 Å². The summed E-state index contributed by atoms with van der Waals surface area (Å²) >= 11 is 0. The first-order chi connectivity index (χ1) is 15.0. The minimum Gasteiger partial charge on any atom is -0.473 e. The number of carboxylic acid groups (broad SMARTS) is 1. The van der Waals surface area contributed by atoms with E-state index in [1.807, 2.05) is 0 Å². The first-order valence-corrected chi connectivity index (χ1v) is 9.43. The number of ether oxygens (including phenoxy) is 1. The van der Waals surface area contributed by atoms with Crippen molar-refractivity contribution in [1.82, 2.24) is 29.6 Å². The van der Waals surface area contributed by atoms with E-state index >= 15 is 0 Å². The van der Waals surface area contributed by atoms with E-state index < -0.39 is 11.9 Å². The van der Waals surface area contributed by atoms with Crippen LogP contribution in [0, 0.1) is 18.2 Å². The standard InChI is InChI=1S/C20H18FN7O3/c1-2-15-18(26-17-4-3-13(9-16(17)21)28-12-22-10-25-28)23-11-24-19(15)31-14-5-7-27(8-6-14)20(29)30/h1,3-4,9-12,14H,5-8H2,(H,29,30)(H,23,24,26). The van der Waals surface area contributed by atoms with Crippen molar-refractivity contribution in [2.75, 3.05) is 18.4 Å². The van der Waals surface area contributed by atoms with Gasteiger partial charge in [-0.25, -0.2) is 28.8 Å². The Morgan fingerprint density at radius 1 is 1.29 bits per heavy atom. The number of rotatable bonds is 5. The second-order valence-electron chi connectivity index (χ2n) is 6.76. The van der Waals surface area contributed by atoms with Gasteiger partial charge in [0.05, 0.1) is 11.4 Å². The van der Waals surface area contributed by atoms with Crippen LogP contribution in [-0.2, 0) is 0 Å². The molecule has 11 heteroatoms. The number of hydrogen-bond donors (Lipinski definition) is 2. The molecule has 1 amide bonds. The van der Waals surface area contributed by atoms with Crippen LogP contribution in [0.1, 0.15) is 18.4 Å². The lowest BCUT2D eigenvalue weighted by molar-refractivity contribution is 0.0869. The van der Waals surface area contributed by atoms with Crippen molar-refractivity contribution in [3.05, 3.63) is 48.6 Å². The Morgan fingerprint density at radius 3 is 2.74 bits per heavy atom. The highest BCUT2D eigenvalue weighted by Gasteiger charge is 2.25. The fourth-order valence-corrected chi connectivity index (χ4v) is 3.22. The van der Waals surface area contributed by atoms with Gasteiger partial charge in [0, 0.05) is 32.0 Å². The summed E-state index contributed by atoms with van der Waals surface area (Å²) in [6.07, 6.45) is 9.59. The molecule has 0 radical (unpaired) electrons. The summed E-state index contributed by atoms with van der Waals surface area (Å²) in [6, 6.07) is 4.52. The van der Waals surface area contributed by atoms with Gasteiger partial charge in [-0.05, 0) is 12.1 Å². The summed E-state index contributed by atoms with van der Waals surface area (Å²) in [6.45, 7) is 0.732. The highest BCUT2D eigenvalue weighted by Crippen LogP contribution is 2.28. The number of carbonyl (C=O) groups is 1. The SMILES string of the molecule is C#Cc1c(Nc2ccc(-n3cncn3)cc2F)ncnc1OC1CCN(C(=O)O)CC1. The molecule has 0 bridgehead atoms. The molecule has 0 atom stereocenters. The molecule has 10 nitrogen and oxygen atoms in total. The fraction of sp³-hybridized carbons (Fsp3) is 0.250. The molecule has 158 valence electrons. The van der Waals surface area contributed by atoms with Gasteiger partial charge in [0.2, 0.25) is 5.88 Å². The van der Waals surface area contributed by atoms with Crippen molar-refractivity contribution < 1.29 is 19.0 Å². The molecule has 1 aliphatic heterocycles. The van der Waals surface area contributed by atoms with Gasteiger partial charge in [0.1, 0.15) is 36.5 Å². The van der Waals surface area contributed by atoms with Crippen molar-refractivity contribution in [1.29, 1.82) is 0 Å². The van der Waals surface area contributed by atoms with Gasteiger partial charge in [-0.2, -0.15) is 5.10 Å². The molecule has 1 fully saturated rings. The molecule has 0 spiro atoms. The summed E-state index contributed by atoms with van der Waals surface area (Å²) in [5.41, 5.74) is 0.930. The molecule has 1 aliphatic rings. The third-order valence-corrected chi connectivity index (χ3v) is 4.84. The maximum absolute atomic E-state index is 14.6. The van der Waals surface area contributed by atoms with Gasteiger partial charge < -0.3 is 20.1 Å². The zero-order valence-corrected chi connectivity index (χ0v) is 16.3. The summed E-state index contributed by atoms with van der Waals surface area (Å²) < 4.78 is 22.0. The number of anilines is 2.